The number of imide groups is 1. The van der Waals surface area contributed by atoms with Crippen LogP contribution in [0, 0.1) is 4.91 Å². The van der Waals surface area contributed by atoms with Crippen LogP contribution in [-0.4, -0.2) is 59.7 Å². The van der Waals surface area contributed by atoms with E-state index in [1.807, 2.05) is 19.1 Å². The molecule has 10 nitrogen and oxygen atoms in total. The summed E-state index contributed by atoms with van der Waals surface area (Å²) in [5.74, 6) is -1.24. The molecule has 2 aromatic rings. The highest BCUT2D eigenvalue weighted by Gasteiger charge is 2.26. The molecule has 1 saturated heterocycles. The summed E-state index contributed by atoms with van der Waals surface area (Å²) < 4.78 is 5.31. The van der Waals surface area contributed by atoms with Crippen molar-refractivity contribution in [3.05, 3.63) is 93.4 Å². The van der Waals surface area contributed by atoms with E-state index < -0.39 is 24.5 Å². The summed E-state index contributed by atoms with van der Waals surface area (Å²) in [6, 6.07) is 12.7. The fraction of sp³-hybridized carbons (Fsp3) is 0.333. The van der Waals surface area contributed by atoms with Crippen LogP contribution in [0.15, 0.2) is 60.7 Å². The highest BCUT2D eigenvalue weighted by molar-refractivity contribution is 5.99. The van der Waals surface area contributed by atoms with Crippen LogP contribution in [0.4, 0.5) is 4.79 Å². The molecule has 1 aliphatic carbocycles. The van der Waals surface area contributed by atoms with Crippen molar-refractivity contribution in [2.24, 2.45) is 0 Å². The molecule has 1 heterocycles. The van der Waals surface area contributed by atoms with E-state index in [1.54, 1.807) is 30.3 Å². The Morgan fingerprint density at radius 1 is 1.15 bits per heavy atom. The van der Waals surface area contributed by atoms with Crippen molar-refractivity contribution in [3.63, 3.8) is 0 Å². The topological polar surface area (TPSA) is 125 Å². The number of carbonyl (C=O) groups excluding carboxylic acids is 4. The molecule has 40 heavy (non-hydrogen) atoms. The number of allylic oxidation sites excluding steroid dienone is 1. The minimum absolute atomic E-state index is 0.130. The molecule has 208 valence electrons. The Bertz CT molecular complexity index is 1370. The fourth-order valence-electron chi connectivity index (χ4n) is 4.73. The van der Waals surface area contributed by atoms with Gasteiger partial charge in [0.1, 0.15) is 6.61 Å². The maximum Gasteiger partial charge on any atom is 0.416 e. The van der Waals surface area contributed by atoms with E-state index in [2.05, 4.69) is 28.9 Å². The van der Waals surface area contributed by atoms with E-state index in [4.69, 9.17) is 4.74 Å². The molecule has 1 fully saturated rings. The molecule has 1 atom stereocenters. The first kappa shape index (κ1) is 28.4. The van der Waals surface area contributed by atoms with Crippen molar-refractivity contribution in [1.29, 1.82) is 0 Å². The van der Waals surface area contributed by atoms with Crippen molar-refractivity contribution < 1.29 is 28.7 Å². The lowest BCUT2D eigenvalue weighted by Crippen LogP contribution is -2.33. The van der Waals surface area contributed by atoms with Crippen molar-refractivity contribution in [1.82, 2.24) is 15.5 Å². The van der Waals surface area contributed by atoms with Crippen LogP contribution < -0.4 is 10.6 Å². The molecular weight excluding hydrogens is 512 g/mol. The number of carbonyl (C=O) groups is 4. The molecule has 2 N–H and O–H groups in total. The SMILES string of the molecule is C[C@@H](NC(=O)c1ccccc1C[N+](=O)CC(=O)NCC/C=C/C(=O)N1CCOC1=O)c1cccc2c1C=CCC2. The first-order valence-corrected chi connectivity index (χ1v) is 13.3. The number of hydrogen-bond acceptors (Lipinski definition) is 6. The van der Waals surface area contributed by atoms with E-state index in [1.165, 1.54) is 11.6 Å². The summed E-state index contributed by atoms with van der Waals surface area (Å²) in [5, 5.41) is 5.68. The van der Waals surface area contributed by atoms with Gasteiger partial charge in [0, 0.05) is 27.3 Å². The van der Waals surface area contributed by atoms with Crippen LogP contribution in [0.2, 0.25) is 0 Å². The van der Waals surface area contributed by atoms with Gasteiger partial charge >= 0.3 is 6.09 Å². The number of fused-ring (bicyclic) bond motifs is 1. The van der Waals surface area contributed by atoms with Crippen molar-refractivity contribution in [2.45, 2.75) is 38.8 Å². The van der Waals surface area contributed by atoms with Crippen molar-refractivity contribution >= 4 is 29.9 Å². The van der Waals surface area contributed by atoms with E-state index in [0.29, 0.717) is 22.3 Å². The maximum absolute atomic E-state index is 13.2. The van der Waals surface area contributed by atoms with Gasteiger partial charge < -0.3 is 15.4 Å². The zero-order valence-electron chi connectivity index (χ0n) is 22.4. The van der Waals surface area contributed by atoms with Crippen LogP contribution in [-0.2, 0) is 27.3 Å². The molecule has 4 amide bonds. The number of aryl methyl sites for hydroxylation is 1. The average molecular weight is 546 g/mol. The van der Waals surface area contributed by atoms with Gasteiger partial charge in [0.25, 0.3) is 24.3 Å². The highest BCUT2D eigenvalue weighted by atomic mass is 16.6. The van der Waals surface area contributed by atoms with Gasteiger partial charge in [-0.2, -0.15) is 0 Å². The number of amides is 4. The number of cyclic esters (lactones) is 1. The largest absolute Gasteiger partial charge is 0.447 e. The fourth-order valence-corrected chi connectivity index (χ4v) is 4.73. The first-order chi connectivity index (χ1) is 19.3. The number of hydrogen-bond donors (Lipinski definition) is 2. The molecule has 10 heteroatoms. The van der Waals surface area contributed by atoms with E-state index in [-0.39, 0.29) is 38.2 Å². The smallest absolute Gasteiger partial charge is 0.416 e. The second-order valence-corrected chi connectivity index (χ2v) is 9.66. The summed E-state index contributed by atoms with van der Waals surface area (Å²) in [6.45, 7) is 2.02. The lowest BCUT2D eigenvalue weighted by atomic mass is 9.90. The molecule has 0 aromatic heterocycles. The minimum Gasteiger partial charge on any atom is -0.447 e. The Morgan fingerprint density at radius 2 is 1.98 bits per heavy atom. The molecule has 0 unspecified atom stereocenters. The Morgan fingerprint density at radius 3 is 2.77 bits per heavy atom. The maximum atomic E-state index is 13.2. The van der Waals surface area contributed by atoms with E-state index in [9.17, 15) is 24.1 Å². The van der Waals surface area contributed by atoms with Crippen molar-refractivity contribution in [2.75, 3.05) is 26.2 Å². The monoisotopic (exact) mass is 545 g/mol. The summed E-state index contributed by atoms with van der Waals surface area (Å²) in [4.78, 5) is 62.3. The predicted octanol–water partition coefficient (Wildman–Crippen LogP) is 3.46. The lowest BCUT2D eigenvalue weighted by molar-refractivity contribution is -0.553. The highest BCUT2D eigenvalue weighted by Crippen LogP contribution is 2.27. The second-order valence-electron chi connectivity index (χ2n) is 9.66. The van der Waals surface area contributed by atoms with Crippen LogP contribution in [0.25, 0.3) is 6.08 Å². The van der Waals surface area contributed by atoms with E-state index >= 15 is 0 Å². The Labute approximate surface area is 232 Å². The number of rotatable bonds is 11. The second kappa shape index (κ2) is 13.5. The third-order valence-corrected chi connectivity index (χ3v) is 6.76. The lowest BCUT2D eigenvalue weighted by Gasteiger charge is -2.21. The van der Waals surface area contributed by atoms with Crippen LogP contribution in [0.3, 0.4) is 0 Å². The molecule has 2 aliphatic rings. The minimum atomic E-state index is -0.667. The van der Waals surface area contributed by atoms with Gasteiger partial charge in [-0.15, -0.1) is 0 Å². The molecule has 0 radical (unpaired) electrons. The molecule has 2 aromatic carbocycles. The van der Waals surface area contributed by atoms with Gasteiger partial charge in [-0.3, -0.25) is 14.4 Å². The number of nitroso groups, excluding NO2 is 1. The molecular formula is C30H33N4O6+. The van der Waals surface area contributed by atoms with Gasteiger partial charge in [-0.25, -0.2) is 9.69 Å². The van der Waals surface area contributed by atoms with Gasteiger partial charge in [-0.05, 0) is 55.0 Å². The summed E-state index contributed by atoms with van der Waals surface area (Å²) >= 11 is 0. The molecule has 4 rings (SSSR count). The van der Waals surface area contributed by atoms with E-state index in [0.717, 1.165) is 28.9 Å². The average Bonchev–Trinajstić information content (AvgIpc) is 3.38. The summed E-state index contributed by atoms with van der Waals surface area (Å²) in [5.41, 5.74) is 4.35. The predicted molar refractivity (Wildman–Crippen MR) is 148 cm³/mol. The van der Waals surface area contributed by atoms with Gasteiger partial charge in [-0.1, -0.05) is 54.6 Å². The van der Waals surface area contributed by atoms with Crippen molar-refractivity contribution in [3.8, 4) is 0 Å². The first-order valence-electron chi connectivity index (χ1n) is 13.3. The number of benzene rings is 2. The van der Waals surface area contributed by atoms with Gasteiger partial charge in [0.2, 0.25) is 6.54 Å². The van der Waals surface area contributed by atoms with Crippen LogP contribution in [0.1, 0.15) is 58.4 Å². The number of nitrogens with one attached hydrogen (secondary N) is 2. The Kier molecular flexibility index (Phi) is 9.56. The summed E-state index contributed by atoms with van der Waals surface area (Å²) in [7, 11) is 0. The van der Waals surface area contributed by atoms with Crippen LogP contribution >= 0.6 is 0 Å². The number of nitrogens with zero attached hydrogens (tertiary/aromatic N) is 2. The number of ether oxygens (including phenoxy) is 1. The van der Waals surface area contributed by atoms with Crippen LogP contribution in [0.5, 0.6) is 0 Å². The van der Waals surface area contributed by atoms with Gasteiger partial charge in [0.15, 0.2) is 0 Å². The molecule has 0 spiro atoms. The Hall–Kier alpha value is -4.60. The zero-order chi connectivity index (χ0) is 28.5. The third-order valence-electron chi connectivity index (χ3n) is 6.76. The summed E-state index contributed by atoms with van der Waals surface area (Å²) in [6.07, 6.45) is 8.70. The molecule has 0 bridgehead atoms. The van der Waals surface area contributed by atoms with Gasteiger partial charge in [0.05, 0.1) is 12.6 Å². The molecule has 1 aliphatic heterocycles. The normalized spacial score (nSPS) is 14.9. The molecule has 0 saturated carbocycles. The zero-order valence-corrected chi connectivity index (χ0v) is 22.4. The quantitative estimate of drug-likeness (QED) is 0.253. The standard InChI is InChI=1S/C30H32N4O6/c1-21(24-14-8-11-22-9-2-4-12-25(22)24)32-29(37)26-13-5-3-10-23(26)19-33(39)20-27(35)31-16-7-6-15-28(36)34-17-18-40-30(34)38/h3-6,8,10-15,21H,2,7,9,16-20H2,1H3,(H-,31,32,35,37)/p+1/b15-6+/t21-/m1/s1. The third kappa shape index (κ3) is 7.28. The Balaban J connectivity index is 1.26.